The molecule has 1 fully saturated rings. The van der Waals surface area contributed by atoms with Crippen LogP contribution in [0.5, 0.6) is 5.75 Å². The minimum atomic E-state index is -1.22. The third-order valence-electron chi connectivity index (χ3n) is 7.72. The van der Waals surface area contributed by atoms with Gasteiger partial charge in [-0.1, -0.05) is 0 Å². The first-order valence-electron chi connectivity index (χ1n) is 12.9. The highest BCUT2D eigenvalue weighted by Gasteiger charge is 2.36. The molecule has 1 aliphatic rings. The number of fused-ring (bicyclic) bond motifs is 1. The topological polar surface area (TPSA) is 74.7 Å². The molecule has 4 rings (SSSR count). The molecular weight excluding hydrogens is 495 g/mol. The normalized spacial score (nSPS) is 15.5. The Hall–Kier alpha value is -3.33. The number of halogens is 3. The van der Waals surface area contributed by atoms with Crippen LogP contribution in [-0.2, 0) is 11.2 Å². The highest BCUT2D eigenvalue weighted by atomic mass is 19.2. The highest BCUT2D eigenvalue weighted by Crippen LogP contribution is 2.40. The zero-order valence-corrected chi connectivity index (χ0v) is 21.8. The number of nitrogens with one attached hydrogen (secondary N) is 1. The maximum absolute atomic E-state index is 13.9. The lowest BCUT2D eigenvalue weighted by molar-refractivity contribution is -0.140. The lowest BCUT2D eigenvalue weighted by atomic mass is 9.72. The van der Waals surface area contributed by atoms with Gasteiger partial charge in [0, 0.05) is 36.8 Å². The van der Waals surface area contributed by atoms with Crippen molar-refractivity contribution in [2.45, 2.75) is 45.4 Å². The number of anilines is 1. The molecular formula is C29H34F3N3O3. The molecule has 0 atom stereocenters. The van der Waals surface area contributed by atoms with Gasteiger partial charge in [0.25, 0.3) is 0 Å². The van der Waals surface area contributed by atoms with Crippen LogP contribution in [0.2, 0.25) is 0 Å². The molecule has 2 heterocycles. The van der Waals surface area contributed by atoms with Crippen LogP contribution in [0.15, 0.2) is 36.5 Å². The molecule has 1 saturated heterocycles. The first-order chi connectivity index (χ1) is 18.2. The molecule has 1 aliphatic heterocycles. The molecule has 38 heavy (non-hydrogen) atoms. The second-order valence-corrected chi connectivity index (χ2v) is 10.2. The van der Waals surface area contributed by atoms with E-state index in [-0.39, 0.29) is 17.5 Å². The van der Waals surface area contributed by atoms with Crippen LogP contribution in [0.3, 0.4) is 0 Å². The molecule has 2 aromatic carbocycles. The summed E-state index contributed by atoms with van der Waals surface area (Å²) in [5.74, 6) is -3.17. The first-order valence-corrected chi connectivity index (χ1v) is 12.9. The quantitative estimate of drug-likeness (QED) is 0.299. The van der Waals surface area contributed by atoms with Crippen molar-refractivity contribution in [3.8, 4) is 5.75 Å². The Kier molecular flexibility index (Phi) is 8.76. The summed E-state index contributed by atoms with van der Waals surface area (Å²) in [6.45, 7) is 4.35. The molecule has 0 unspecified atom stereocenters. The summed E-state index contributed by atoms with van der Waals surface area (Å²) in [5.41, 5.74) is 2.74. The van der Waals surface area contributed by atoms with Gasteiger partial charge in [0.2, 0.25) is 0 Å². The monoisotopic (exact) mass is 529 g/mol. The van der Waals surface area contributed by atoms with Crippen LogP contribution >= 0.6 is 0 Å². The predicted molar refractivity (Wildman–Crippen MR) is 141 cm³/mol. The first kappa shape index (κ1) is 27.7. The minimum absolute atomic E-state index is 0.122. The molecule has 0 aliphatic carbocycles. The fraction of sp³-hybridized carbons (Fsp3) is 0.448. The van der Waals surface area contributed by atoms with Crippen molar-refractivity contribution >= 4 is 22.6 Å². The van der Waals surface area contributed by atoms with E-state index in [9.17, 15) is 23.1 Å². The molecule has 1 aromatic heterocycles. The van der Waals surface area contributed by atoms with Gasteiger partial charge in [0.1, 0.15) is 11.6 Å². The smallest absolute Gasteiger partial charge is 0.303 e. The number of rotatable bonds is 11. The van der Waals surface area contributed by atoms with Crippen molar-refractivity contribution in [3.63, 3.8) is 0 Å². The Bertz CT molecular complexity index is 1290. The van der Waals surface area contributed by atoms with Gasteiger partial charge in [-0.2, -0.15) is 0 Å². The Morgan fingerprint density at radius 3 is 2.66 bits per heavy atom. The second-order valence-electron chi connectivity index (χ2n) is 10.2. The maximum Gasteiger partial charge on any atom is 0.303 e. The minimum Gasteiger partial charge on any atom is -0.497 e. The van der Waals surface area contributed by atoms with E-state index in [0.29, 0.717) is 32.2 Å². The average molecular weight is 530 g/mol. The van der Waals surface area contributed by atoms with Gasteiger partial charge in [-0.25, -0.2) is 13.2 Å². The summed E-state index contributed by atoms with van der Waals surface area (Å²) < 4.78 is 46.1. The number of aryl methyl sites for hydroxylation is 2. The van der Waals surface area contributed by atoms with Crippen LogP contribution in [-0.4, -0.2) is 54.2 Å². The molecule has 0 amide bonds. The molecule has 204 valence electrons. The van der Waals surface area contributed by atoms with E-state index in [1.165, 1.54) is 5.56 Å². The van der Waals surface area contributed by atoms with Crippen molar-refractivity contribution in [2.75, 3.05) is 38.6 Å². The van der Waals surface area contributed by atoms with Gasteiger partial charge in [0.05, 0.1) is 24.7 Å². The van der Waals surface area contributed by atoms with Gasteiger partial charge in [-0.05, 0) is 86.9 Å². The number of aromatic nitrogens is 1. The highest BCUT2D eigenvalue weighted by molar-refractivity contribution is 5.84. The molecule has 2 N–H and O–H groups in total. The van der Waals surface area contributed by atoms with Crippen LogP contribution < -0.4 is 10.1 Å². The lowest BCUT2D eigenvalue weighted by Gasteiger charge is -2.41. The number of carboxylic acids is 1. The number of likely N-dealkylation sites (tertiary alicyclic amines) is 1. The number of carbonyl (C=O) groups is 1. The van der Waals surface area contributed by atoms with Gasteiger partial charge in [-0.3, -0.25) is 9.78 Å². The van der Waals surface area contributed by atoms with E-state index in [4.69, 9.17) is 4.74 Å². The van der Waals surface area contributed by atoms with E-state index in [2.05, 4.69) is 15.2 Å². The number of nitrogens with zero attached hydrogens (tertiary/aromatic N) is 2. The lowest BCUT2D eigenvalue weighted by Crippen LogP contribution is -2.43. The van der Waals surface area contributed by atoms with Crippen molar-refractivity contribution in [1.82, 2.24) is 9.88 Å². The molecule has 0 bridgehead atoms. The number of methoxy groups -OCH3 is 1. The fourth-order valence-corrected chi connectivity index (χ4v) is 5.55. The number of piperidine rings is 1. The number of hydrogen-bond acceptors (Lipinski definition) is 5. The Labute approximate surface area is 220 Å². The number of benzene rings is 2. The largest absolute Gasteiger partial charge is 0.497 e. The second kappa shape index (κ2) is 12.0. The van der Waals surface area contributed by atoms with Crippen LogP contribution in [0, 0.1) is 29.8 Å². The van der Waals surface area contributed by atoms with E-state index >= 15 is 0 Å². The maximum atomic E-state index is 13.9. The van der Waals surface area contributed by atoms with Crippen molar-refractivity contribution in [3.05, 3.63) is 65.1 Å². The third-order valence-corrected chi connectivity index (χ3v) is 7.72. The standard InChI is InChI=1S/C29H34F3N3O3/c1-19-18-34-25-6-5-21(38-2)16-23(25)22(19)4-3-7-29(17-27(36)37)8-11-35(12-9-29)13-10-33-26-15-20(30)14-24(31)28(26)32/h5-6,14-16,18,33H,3-4,7-13,17H2,1-2H3,(H,36,37). The predicted octanol–water partition coefficient (Wildman–Crippen LogP) is 5.96. The van der Waals surface area contributed by atoms with Gasteiger partial charge < -0.3 is 20.1 Å². The molecule has 0 spiro atoms. The van der Waals surface area contributed by atoms with Crippen LogP contribution in [0.4, 0.5) is 18.9 Å². The summed E-state index contributed by atoms with van der Waals surface area (Å²) in [6, 6.07) is 7.31. The molecule has 0 radical (unpaired) electrons. The van der Waals surface area contributed by atoms with E-state index in [1.807, 2.05) is 31.3 Å². The SMILES string of the molecule is COc1ccc2ncc(C)c(CCCC3(CC(=O)O)CCN(CCNc4cc(F)cc(F)c4F)CC3)c2c1. The van der Waals surface area contributed by atoms with Gasteiger partial charge >= 0.3 is 5.97 Å². The zero-order valence-electron chi connectivity index (χ0n) is 21.8. The summed E-state index contributed by atoms with van der Waals surface area (Å²) in [4.78, 5) is 18.5. The van der Waals surface area contributed by atoms with Crippen molar-refractivity contribution in [1.29, 1.82) is 0 Å². The molecule has 6 nitrogen and oxygen atoms in total. The van der Waals surface area contributed by atoms with E-state index in [0.717, 1.165) is 60.4 Å². The van der Waals surface area contributed by atoms with Crippen molar-refractivity contribution in [2.24, 2.45) is 5.41 Å². The summed E-state index contributed by atoms with van der Waals surface area (Å²) in [5, 5.41) is 13.5. The molecule has 9 heteroatoms. The number of hydrogen-bond donors (Lipinski definition) is 2. The average Bonchev–Trinajstić information content (AvgIpc) is 2.88. The Morgan fingerprint density at radius 1 is 1.18 bits per heavy atom. The number of pyridine rings is 1. The van der Waals surface area contributed by atoms with Crippen molar-refractivity contribution < 1.29 is 27.8 Å². The molecule has 3 aromatic rings. The third kappa shape index (κ3) is 6.56. The Balaban J connectivity index is 1.35. The number of ether oxygens (including phenoxy) is 1. The van der Waals surface area contributed by atoms with Gasteiger partial charge in [0.15, 0.2) is 11.6 Å². The summed E-state index contributed by atoms with van der Waals surface area (Å²) >= 11 is 0. The summed E-state index contributed by atoms with van der Waals surface area (Å²) in [7, 11) is 1.64. The molecule has 0 saturated carbocycles. The summed E-state index contributed by atoms with van der Waals surface area (Å²) in [6.07, 6.45) is 5.97. The number of carboxylic acid groups (broad SMARTS) is 1. The van der Waals surface area contributed by atoms with Crippen LogP contribution in [0.25, 0.3) is 10.9 Å². The van der Waals surface area contributed by atoms with E-state index < -0.39 is 23.4 Å². The van der Waals surface area contributed by atoms with Gasteiger partial charge in [-0.15, -0.1) is 0 Å². The fourth-order valence-electron chi connectivity index (χ4n) is 5.55. The number of aliphatic carboxylic acids is 1. The van der Waals surface area contributed by atoms with E-state index in [1.54, 1.807) is 7.11 Å². The Morgan fingerprint density at radius 2 is 1.95 bits per heavy atom. The zero-order chi connectivity index (χ0) is 27.3. The van der Waals surface area contributed by atoms with Crippen LogP contribution in [0.1, 0.15) is 43.2 Å².